The third-order valence-electron chi connectivity index (χ3n) is 3.34. The van der Waals surface area contributed by atoms with E-state index in [2.05, 4.69) is 27.8 Å². The highest BCUT2D eigenvalue weighted by atomic mass is 16.9. The van der Waals surface area contributed by atoms with Gasteiger partial charge in [0.2, 0.25) is 0 Å². The normalized spacial score (nSPS) is 23.9. The molecular weight excluding hydrogens is 242 g/mol. The van der Waals surface area contributed by atoms with Crippen molar-refractivity contribution in [2.75, 3.05) is 6.61 Å². The van der Waals surface area contributed by atoms with Crippen LogP contribution in [0.3, 0.4) is 0 Å². The van der Waals surface area contributed by atoms with E-state index in [-0.39, 0.29) is 12.6 Å². The molecule has 1 fully saturated rings. The second-order valence-electron chi connectivity index (χ2n) is 5.03. The maximum atomic E-state index is 9.08. The molecule has 1 atom stereocenters. The van der Waals surface area contributed by atoms with E-state index in [0.717, 1.165) is 17.4 Å². The van der Waals surface area contributed by atoms with Crippen molar-refractivity contribution in [1.82, 2.24) is 0 Å². The molecule has 0 amide bonds. The van der Waals surface area contributed by atoms with Gasteiger partial charge in [-0.25, -0.2) is 0 Å². The Morgan fingerprint density at radius 3 is 2.58 bits per heavy atom. The van der Waals surface area contributed by atoms with Crippen molar-refractivity contribution in [2.45, 2.75) is 39.1 Å². The first-order valence-electron chi connectivity index (χ1n) is 6.68. The van der Waals surface area contributed by atoms with E-state index in [0.29, 0.717) is 6.61 Å². The lowest BCUT2D eigenvalue weighted by molar-refractivity contribution is -0.382. The minimum atomic E-state index is -0.709. The fourth-order valence-electron chi connectivity index (χ4n) is 2.27. The van der Waals surface area contributed by atoms with Gasteiger partial charge in [-0.05, 0) is 20.3 Å². The molecule has 0 aromatic heterocycles. The zero-order valence-electron chi connectivity index (χ0n) is 12.0. The summed E-state index contributed by atoms with van der Waals surface area (Å²) in [7, 11) is 4.13. The number of aliphatic hydroxyl groups is 1. The van der Waals surface area contributed by atoms with Crippen LogP contribution in [0.25, 0.3) is 0 Å². The summed E-state index contributed by atoms with van der Waals surface area (Å²) in [6.07, 6.45) is -0.250. The second-order valence-corrected chi connectivity index (χ2v) is 5.03. The molecule has 0 radical (unpaired) electrons. The van der Waals surface area contributed by atoms with Gasteiger partial charge in [0.15, 0.2) is 18.9 Å². The molecule has 1 N–H and O–H groups in total. The summed E-state index contributed by atoms with van der Waals surface area (Å²) >= 11 is 0. The molecule has 1 aromatic rings. The number of hydrogen-bond donors (Lipinski definition) is 1. The van der Waals surface area contributed by atoms with Gasteiger partial charge in [-0.1, -0.05) is 28.6 Å². The molecule has 0 aliphatic carbocycles. The molecule has 1 saturated heterocycles. The minimum absolute atomic E-state index is 0.108. The van der Waals surface area contributed by atoms with E-state index >= 15 is 0 Å². The highest BCUT2D eigenvalue weighted by Crippen LogP contribution is 2.29. The molecule has 6 heteroatoms. The maximum Gasteiger partial charge on any atom is 0.189 e. The number of rotatable bonds is 5. The summed E-state index contributed by atoms with van der Waals surface area (Å²) in [4.78, 5) is 0. The lowest BCUT2D eigenvalue weighted by atomic mass is 9.80. The fourth-order valence-corrected chi connectivity index (χ4v) is 2.27. The summed E-state index contributed by atoms with van der Waals surface area (Å²) in [5, 5.41) is 9.08. The van der Waals surface area contributed by atoms with Crippen molar-refractivity contribution < 1.29 is 19.3 Å². The van der Waals surface area contributed by atoms with Crippen LogP contribution in [-0.2, 0) is 20.6 Å². The smallest absolute Gasteiger partial charge is 0.189 e. The van der Waals surface area contributed by atoms with Crippen molar-refractivity contribution in [1.29, 1.82) is 0 Å². The van der Waals surface area contributed by atoms with E-state index in [1.54, 1.807) is 6.92 Å². The van der Waals surface area contributed by atoms with Crippen molar-refractivity contribution in [3.8, 4) is 0 Å². The van der Waals surface area contributed by atoms with E-state index in [9.17, 15) is 0 Å². The van der Waals surface area contributed by atoms with E-state index in [1.165, 1.54) is 11.0 Å². The van der Waals surface area contributed by atoms with Gasteiger partial charge in [0.25, 0.3) is 0 Å². The topological polar surface area (TPSA) is 47.9 Å². The van der Waals surface area contributed by atoms with Crippen LogP contribution in [-0.4, -0.2) is 40.0 Å². The van der Waals surface area contributed by atoms with Crippen molar-refractivity contribution in [3.05, 3.63) is 23.3 Å². The predicted octanol–water partition coefficient (Wildman–Crippen LogP) is -1.51. The van der Waals surface area contributed by atoms with Crippen LogP contribution >= 0.6 is 0 Å². The molecule has 1 heterocycles. The minimum Gasteiger partial charge on any atom is -0.368 e. The number of hydrogen-bond acceptors (Lipinski definition) is 4. The largest absolute Gasteiger partial charge is 0.368 e. The summed E-state index contributed by atoms with van der Waals surface area (Å²) in [5.74, 6) is 0. The first-order chi connectivity index (χ1) is 8.97. The molecule has 102 valence electrons. The van der Waals surface area contributed by atoms with Gasteiger partial charge in [0, 0.05) is 5.56 Å². The van der Waals surface area contributed by atoms with E-state index in [1.807, 2.05) is 6.92 Å². The van der Waals surface area contributed by atoms with Gasteiger partial charge in [-0.3, -0.25) is 0 Å². The molecule has 1 unspecified atom stereocenters. The van der Waals surface area contributed by atoms with Gasteiger partial charge in [-0.15, -0.1) is 0 Å². The van der Waals surface area contributed by atoms with E-state index in [4.69, 9.17) is 19.3 Å². The molecular formula is C13H20B2O4. The van der Waals surface area contributed by atoms with Gasteiger partial charge in [0.05, 0.1) is 6.61 Å². The lowest BCUT2D eigenvalue weighted by Crippen LogP contribution is -2.36. The van der Waals surface area contributed by atoms with Crippen molar-refractivity contribution in [3.63, 3.8) is 0 Å². The molecule has 1 aromatic carbocycles. The number of benzene rings is 1. The Labute approximate surface area is 115 Å². The summed E-state index contributed by atoms with van der Waals surface area (Å²) in [6.45, 7) is 4.03. The standard InChI is InChI=1S/C13H20B2O4/c1-7(16)17-4-3-9-5-12(15)10(6-11(9)14)13-18-8(2)19-13/h5-8,13,16H,3-4,14-15H2,1-2H3. The second kappa shape index (κ2) is 6.09. The van der Waals surface area contributed by atoms with Gasteiger partial charge in [0.1, 0.15) is 15.7 Å². The molecule has 4 nitrogen and oxygen atoms in total. The van der Waals surface area contributed by atoms with Gasteiger partial charge in [-0.2, -0.15) is 0 Å². The molecule has 19 heavy (non-hydrogen) atoms. The molecule has 0 spiro atoms. The van der Waals surface area contributed by atoms with Crippen LogP contribution < -0.4 is 10.9 Å². The quantitative estimate of drug-likeness (QED) is 0.518. The molecule has 2 rings (SSSR count). The lowest BCUT2D eigenvalue weighted by Gasteiger charge is -2.35. The van der Waals surface area contributed by atoms with Crippen LogP contribution in [0.1, 0.15) is 31.3 Å². The fraction of sp³-hybridized carbons (Fsp3) is 0.538. The summed E-state index contributed by atoms with van der Waals surface area (Å²) < 4.78 is 16.2. The molecule has 0 bridgehead atoms. The predicted molar refractivity (Wildman–Crippen MR) is 78.5 cm³/mol. The molecule has 1 aliphatic heterocycles. The Morgan fingerprint density at radius 2 is 2.00 bits per heavy atom. The van der Waals surface area contributed by atoms with Crippen LogP contribution in [0, 0.1) is 0 Å². The Hall–Kier alpha value is -0.810. The zero-order chi connectivity index (χ0) is 14.0. The van der Waals surface area contributed by atoms with Gasteiger partial charge < -0.3 is 19.3 Å². The van der Waals surface area contributed by atoms with Crippen molar-refractivity contribution >= 4 is 26.6 Å². The SMILES string of the molecule is Bc1cc(C2OC(C)O2)c(B)cc1CCOC(C)O. The highest BCUT2D eigenvalue weighted by Gasteiger charge is 2.29. The third-order valence-corrected chi connectivity index (χ3v) is 3.34. The van der Waals surface area contributed by atoms with Crippen LogP contribution in [0.2, 0.25) is 0 Å². The van der Waals surface area contributed by atoms with Crippen LogP contribution in [0.15, 0.2) is 12.1 Å². The average Bonchev–Trinajstić information content (AvgIpc) is 2.29. The molecule has 0 saturated carbocycles. The molecule has 1 aliphatic rings. The summed E-state index contributed by atoms with van der Waals surface area (Å²) in [6, 6.07) is 4.26. The number of ether oxygens (including phenoxy) is 3. The van der Waals surface area contributed by atoms with Crippen LogP contribution in [0.4, 0.5) is 0 Å². The number of aliphatic hydroxyl groups excluding tert-OH is 1. The Bertz CT molecular complexity index is 445. The average molecular weight is 262 g/mol. The monoisotopic (exact) mass is 262 g/mol. The first kappa shape index (κ1) is 14.6. The van der Waals surface area contributed by atoms with Crippen LogP contribution in [0.5, 0.6) is 0 Å². The van der Waals surface area contributed by atoms with Crippen molar-refractivity contribution in [2.24, 2.45) is 0 Å². The Balaban J connectivity index is 2.04. The van der Waals surface area contributed by atoms with Gasteiger partial charge >= 0.3 is 0 Å². The Morgan fingerprint density at radius 1 is 1.32 bits per heavy atom. The Kier molecular flexibility index (Phi) is 4.68. The maximum absolute atomic E-state index is 9.08. The highest BCUT2D eigenvalue weighted by molar-refractivity contribution is 6.37. The van der Waals surface area contributed by atoms with E-state index < -0.39 is 6.29 Å². The first-order valence-corrected chi connectivity index (χ1v) is 6.68. The summed E-state index contributed by atoms with van der Waals surface area (Å²) in [5.41, 5.74) is 4.68. The third kappa shape index (κ3) is 3.60. The zero-order valence-corrected chi connectivity index (χ0v) is 12.0.